The average molecular weight is 450 g/mol. The Labute approximate surface area is 194 Å². The van der Waals surface area contributed by atoms with Gasteiger partial charge in [0.1, 0.15) is 5.76 Å². The van der Waals surface area contributed by atoms with Crippen molar-refractivity contribution < 1.29 is 19.4 Å². The molecule has 2 aromatic rings. The van der Waals surface area contributed by atoms with E-state index >= 15 is 0 Å². The zero-order chi connectivity index (χ0) is 23.4. The van der Waals surface area contributed by atoms with E-state index in [-0.39, 0.29) is 11.3 Å². The zero-order valence-corrected chi connectivity index (χ0v) is 19.2. The number of aliphatic hydroxyl groups excluding tert-OH is 1. The van der Waals surface area contributed by atoms with Crippen LogP contribution in [0.25, 0.3) is 5.76 Å². The molecule has 0 aliphatic carbocycles. The van der Waals surface area contributed by atoms with Gasteiger partial charge in [0, 0.05) is 51.5 Å². The van der Waals surface area contributed by atoms with Crippen molar-refractivity contribution in [1.82, 2.24) is 9.80 Å². The fourth-order valence-electron chi connectivity index (χ4n) is 4.45. The molecule has 0 radical (unpaired) electrons. The van der Waals surface area contributed by atoms with E-state index in [1.807, 2.05) is 49.3 Å². The summed E-state index contributed by atoms with van der Waals surface area (Å²) in [7, 11) is 3.92. The van der Waals surface area contributed by atoms with E-state index in [9.17, 15) is 14.7 Å². The number of ketones is 1. The van der Waals surface area contributed by atoms with Crippen LogP contribution in [-0.4, -0.2) is 80.1 Å². The van der Waals surface area contributed by atoms with Crippen molar-refractivity contribution in [3.05, 3.63) is 71.3 Å². The molecule has 0 saturated carbocycles. The maximum absolute atomic E-state index is 13.1. The van der Waals surface area contributed by atoms with Crippen molar-refractivity contribution in [2.24, 2.45) is 0 Å². The van der Waals surface area contributed by atoms with Gasteiger partial charge in [-0.05, 0) is 24.1 Å². The highest BCUT2D eigenvalue weighted by Crippen LogP contribution is 2.39. The lowest BCUT2D eigenvalue weighted by Gasteiger charge is -2.29. The van der Waals surface area contributed by atoms with Crippen molar-refractivity contribution in [2.75, 3.05) is 58.4 Å². The van der Waals surface area contributed by atoms with Gasteiger partial charge in [-0.15, -0.1) is 0 Å². The maximum atomic E-state index is 13.1. The van der Waals surface area contributed by atoms with Crippen LogP contribution in [0, 0.1) is 0 Å². The maximum Gasteiger partial charge on any atom is 0.295 e. The number of rotatable bonds is 7. The van der Waals surface area contributed by atoms with Gasteiger partial charge in [0.05, 0.1) is 24.8 Å². The first kappa shape index (κ1) is 23.0. The predicted molar refractivity (Wildman–Crippen MR) is 128 cm³/mol. The monoisotopic (exact) mass is 449 g/mol. The number of aliphatic hydroxyl groups is 1. The van der Waals surface area contributed by atoms with E-state index < -0.39 is 17.7 Å². The van der Waals surface area contributed by atoms with Gasteiger partial charge >= 0.3 is 0 Å². The number of hydrogen-bond donors (Lipinski definition) is 1. The van der Waals surface area contributed by atoms with Crippen LogP contribution in [-0.2, 0) is 14.3 Å². The van der Waals surface area contributed by atoms with E-state index in [2.05, 4.69) is 4.90 Å². The van der Waals surface area contributed by atoms with Crippen molar-refractivity contribution in [2.45, 2.75) is 12.5 Å². The van der Waals surface area contributed by atoms with Crippen molar-refractivity contribution in [3.8, 4) is 0 Å². The molecule has 1 unspecified atom stereocenters. The molecule has 174 valence electrons. The van der Waals surface area contributed by atoms with Crippen molar-refractivity contribution in [3.63, 3.8) is 0 Å². The van der Waals surface area contributed by atoms with Gasteiger partial charge in [-0.25, -0.2) is 0 Å². The fraction of sp³-hybridized carbons (Fsp3) is 0.385. The van der Waals surface area contributed by atoms with Crippen LogP contribution >= 0.6 is 0 Å². The van der Waals surface area contributed by atoms with Crippen LogP contribution in [0.2, 0.25) is 0 Å². The molecule has 2 aromatic carbocycles. The van der Waals surface area contributed by atoms with Gasteiger partial charge in [-0.1, -0.05) is 42.5 Å². The lowest BCUT2D eigenvalue weighted by Crippen LogP contribution is -2.38. The molecule has 0 spiro atoms. The highest BCUT2D eigenvalue weighted by molar-refractivity contribution is 6.46. The van der Waals surface area contributed by atoms with Crippen LogP contribution in [0.15, 0.2) is 60.2 Å². The SMILES string of the molecule is CN(C)c1ccc(C2C(=C(O)c3ccccc3)C(=O)C(=O)N2CCCN2CCOCC2)cc1. The summed E-state index contributed by atoms with van der Waals surface area (Å²) >= 11 is 0. The van der Waals surface area contributed by atoms with Crippen molar-refractivity contribution >= 4 is 23.1 Å². The molecule has 1 atom stereocenters. The molecule has 2 fully saturated rings. The van der Waals surface area contributed by atoms with E-state index in [0.29, 0.717) is 12.1 Å². The molecule has 2 saturated heterocycles. The molecule has 33 heavy (non-hydrogen) atoms. The molecule has 0 aromatic heterocycles. The Balaban J connectivity index is 1.66. The first-order valence-corrected chi connectivity index (χ1v) is 11.4. The van der Waals surface area contributed by atoms with Gasteiger partial charge in [-0.3, -0.25) is 14.5 Å². The molecule has 2 heterocycles. The molecular weight excluding hydrogens is 418 g/mol. The van der Waals surface area contributed by atoms with Gasteiger partial charge < -0.3 is 19.6 Å². The number of nitrogens with zero attached hydrogens (tertiary/aromatic N) is 3. The third kappa shape index (κ3) is 4.94. The normalized spacial score (nSPS) is 20.9. The first-order valence-electron chi connectivity index (χ1n) is 11.4. The summed E-state index contributed by atoms with van der Waals surface area (Å²) in [6, 6.07) is 16.1. The number of amides is 1. The topological polar surface area (TPSA) is 73.3 Å². The number of carbonyl (C=O) groups excluding carboxylic acids is 2. The fourth-order valence-corrected chi connectivity index (χ4v) is 4.45. The highest BCUT2D eigenvalue weighted by Gasteiger charge is 2.45. The summed E-state index contributed by atoms with van der Waals surface area (Å²) in [5.41, 5.74) is 2.50. The molecule has 1 amide bonds. The zero-order valence-electron chi connectivity index (χ0n) is 19.2. The van der Waals surface area contributed by atoms with E-state index in [0.717, 1.165) is 50.5 Å². The molecule has 0 bridgehead atoms. The second kappa shape index (κ2) is 10.2. The number of anilines is 1. The van der Waals surface area contributed by atoms with Crippen LogP contribution in [0.3, 0.4) is 0 Å². The molecule has 4 rings (SSSR count). The molecule has 2 aliphatic rings. The Morgan fingerprint density at radius 1 is 1.00 bits per heavy atom. The second-order valence-corrected chi connectivity index (χ2v) is 8.65. The summed E-state index contributed by atoms with van der Waals surface area (Å²) in [4.78, 5) is 32.1. The Morgan fingerprint density at radius 2 is 1.67 bits per heavy atom. The number of benzene rings is 2. The minimum Gasteiger partial charge on any atom is -0.507 e. The molecule has 2 aliphatic heterocycles. The average Bonchev–Trinajstić information content (AvgIpc) is 3.10. The number of carbonyl (C=O) groups is 2. The van der Waals surface area contributed by atoms with Gasteiger partial charge in [0.25, 0.3) is 11.7 Å². The summed E-state index contributed by atoms with van der Waals surface area (Å²) in [5.74, 6) is -1.33. The van der Waals surface area contributed by atoms with Crippen LogP contribution in [0.4, 0.5) is 5.69 Å². The largest absolute Gasteiger partial charge is 0.507 e. The van der Waals surface area contributed by atoms with Gasteiger partial charge in [0.15, 0.2) is 0 Å². The Kier molecular flexibility index (Phi) is 7.11. The van der Waals surface area contributed by atoms with Crippen molar-refractivity contribution in [1.29, 1.82) is 0 Å². The van der Waals surface area contributed by atoms with E-state index in [4.69, 9.17) is 4.74 Å². The number of ether oxygens (including phenoxy) is 1. The first-order chi connectivity index (χ1) is 16.0. The Hall–Kier alpha value is -3.16. The number of likely N-dealkylation sites (tertiary alicyclic amines) is 1. The molecule has 7 nitrogen and oxygen atoms in total. The minimum atomic E-state index is -0.635. The van der Waals surface area contributed by atoms with E-state index in [1.54, 1.807) is 29.2 Å². The third-order valence-corrected chi connectivity index (χ3v) is 6.29. The quantitative estimate of drug-likeness (QED) is 0.398. The van der Waals surface area contributed by atoms with Crippen LogP contribution in [0.1, 0.15) is 23.6 Å². The molecule has 1 N–H and O–H groups in total. The Bertz CT molecular complexity index is 1010. The summed E-state index contributed by atoms with van der Waals surface area (Å²) in [5, 5.41) is 11.1. The van der Waals surface area contributed by atoms with Gasteiger partial charge in [0.2, 0.25) is 0 Å². The van der Waals surface area contributed by atoms with E-state index in [1.165, 1.54) is 0 Å². The standard InChI is InChI=1S/C26H31N3O4/c1-27(2)21-11-9-19(10-12-21)23-22(24(30)20-7-4-3-5-8-20)25(31)26(32)29(23)14-6-13-28-15-17-33-18-16-28/h3-5,7-12,23,30H,6,13-18H2,1-2H3. The summed E-state index contributed by atoms with van der Waals surface area (Å²) in [6.07, 6.45) is 0.741. The number of hydrogen-bond acceptors (Lipinski definition) is 6. The molecule has 7 heteroatoms. The predicted octanol–water partition coefficient (Wildman–Crippen LogP) is 2.90. The lowest BCUT2D eigenvalue weighted by molar-refractivity contribution is -0.140. The Morgan fingerprint density at radius 3 is 2.30 bits per heavy atom. The number of Topliss-reactive ketones (excluding diaryl/α,β-unsaturated/α-hetero) is 1. The highest BCUT2D eigenvalue weighted by atomic mass is 16.5. The summed E-state index contributed by atoms with van der Waals surface area (Å²) in [6.45, 7) is 4.47. The summed E-state index contributed by atoms with van der Waals surface area (Å²) < 4.78 is 5.41. The number of morpholine rings is 1. The molecular formula is C26H31N3O4. The lowest BCUT2D eigenvalue weighted by atomic mass is 9.95. The minimum absolute atomic E-state index is 0.133. The van der Waals surface area contributed by atoms with Crippen LogP contribution < -0.4 is 4.90 Å². The van der Waals surface area contributed by atoms with Gasteiger partial charge in [-0.2, -0.15) is 0 Å². The second-order valence-electron chi connectivity index (χ2n) is 8.65. The third-order valence-electron chi connectivity index (χ3n) is 6.29. The smallest absolute Gasteiger partial charge is 0.295 e. The van der Waals surface area contributed by atoms with Crippen LogP contribution in [0.5, 0.6) is 0 Å².